The van der Waals surface area contributed by atoms with E-state index in [4.69, 9.17) is 11.6 Å². The molecule has 0 amide bonds. The molecule has 0 saturated heterocycles. The van der Waals surface area contributed by atoms with Crippen LogP contribution in [0.1, 0.15) is 24.9 Å². The molecule has 4 heteroatoms. The van der Waals surface area contributed by atoms with E-state index < -0.39 is 0 Å². The number of thioether (sulfide) groups is 1. The molecular weight excluding hydrogens is 305 g/mol. The van der Waals surface area contributed by atoms with Crippen LogP contribution < -0.4 is 5.32 Å². The molecule has 1 unspecified atom stereocenters. The molecule has 0 bridgehead atoms. The minimum absolute atomic E-state index is 0.0209. The second-order valence-corrected chi connectivity index (χ2v) is 6.33. The lowest BCUT2D eigenvalue weighted by Gasteiger charge is -2.19. The molecule has 2 aromatic rings. The SMILES string of the molecule is CCCNC(CSc1ccccc1)c1ccc(Cl)cc1F. The predicted octanol–water partition coefficient (Wildman–Crippen LogP) is 5.31. The van der Waals surface area contributed by atoms with Gasteiger partial charge in [0, 0.05) is 27.3 Å². The first-order valence-corrected chi connectivity index (χ1v) is 8.43. The molecule has 21 heavy (non-hydrogen) atoms. The molecule has 1 N–H and O–H groups in total. The number of benzene rings is 2. The van der Waals surface area contributed by atoms with Gasteiger partial charge >= 0.3 is 0 Å². The van der Waals surface area contributed by atoms with Gasteiger partial charge in [0.2, 0.25) is 0 Å². The number of nitrogens with one attached hydrogen (secondary N) is 1. The van der Waals surface area contributed by atoms with Crippen LogP contribution in [0.2, 0.25) is 5.02 Å². The summed E-state index contributed by atoms with van der Waals surface area (Å²) in [6.45, 7) is 2.97. The average Bonchev–Trinajstić information content (AvgIpc) is 2.49. The van der Waals surface area contributed by atoms with Crippen LogP contribution in [0.25, 0.3) is 0 Å². The zero-order valence-electron chi connectivity index (χ0n) is 12.0. The third kappa shape index (κ3) is 5.03. The quantitative estimate of drug-likeness (QED) is 0.693. The Kier molecular flexibility index (Phi) is 6.55. The lowest BCUT2D eigenvalue weighted by atomic mass is 10.1. The van der Waals surface area contributed by atoms with Gasteiger partial charge in [0.25, 0.3) is 0 Å². The van der Waals surface area contributed by atoms with Crippen LogP contribution in [-0.2, 0) is 0 Å². The molecule has 0 aliphatic carbocycles. The van der Waals surface area contributed by atoms with Crippen LogP contribution >= 0.6 is 23.4 Å². The molecule has 2 rings (SSSR count). The van der Waals surface area contributed by atoms with Crippen LogP contribution in [0.4, 0.5) is 4.39 Å². The summed E-state index contributed by atoms with van der Waals surface area (Å²) in [4.78, 5) is 1.19. The Morgan fingerprint density at radius 3 is 2.62 bits per heavy atom. The third-order valence-electron chi connectivity index (χ3n) is 3.14. The summed E-state index contributed by atoms with van der Waals surface area (Å²) < 4.78 is 14.1. The highest BCUT2D eigenvalue weighted by Crippen LogP contribution is 2.27. The Morgan fingerprint density at radius 2 is 1.95 bits per heavy atom. The van der Waals surface area contributed by atoms with Crippen LogP contribution in [0.5, 0.6) is 0 Å². The zero-order valence-corrected chi connectivity index (χ0v) is 13.6. The lowest BCUT2D eigenvalue weighted by Crippen LogP contribution is -2.25. The summed E-state index contributed by atoms with van der Waals surface area (Å²) in [5.74, 6) is 0.535. The Labute approximate surface area is 134 Å². The topological polar surface area (TPSA) is 12.0 Å². The van der Waals surface area contributed by atoms with Crippen molar-refractivity contribution in [2.24, 2.45) is 0 Å². The van der Waals surface area contributed by atoms with Crippen molar-refractivity contribution in [1.29, 1.82) is 0 Å². The monoisotopic (exact) mass is 323 g/mol. The van der Waals surface area contributed by atoms with Gasteiger partial charge in [-0.3, -0.25) is 0 Å². The van der Waals surface area contributed by atoms with Gasteiger partial charge < -0.3 is 5.32 Å². The average molecular weight is 324 g/mol. The lowest BCUT2D eigenvalue weighted by molar-refractivity contribution is 0.532. The van der Waals surface area contributed by atoms with Gasteiger partial charge in [-0.05, 0) is 37.2 Å². The molecule has 0 aliphatic heterocycles. The molecule has 0 aromatic heterocycles. The Morgan fingerprint density at radius 1 is 1.19 bits per heavy atom. The van der Waals surface area contributed by atoms with Crippen molar-refractivity contribution in [1.82, 2.24) is 5.32 Å². The second kappa shape index (κ2) is 8.42. The second-order valence-electron chi connectivity index (χ2n) is 4.80. The highest BCUT2D eigenvalue weighted by Gasteiger charge is 2.15. The highest BCUT2D eigenvalue weighted by molar-refractivity contribution is 7.99. The largest absolute Gasteiger partial charge is 0.309 e. The van der Waals surface area contributed by atoms with Gasteiger partial charge in [0.15, 0.2) is 0 Å². The van der Waals surface area contributed by atoms with Gasteiger partial charge in [-0.1, -0.05) is 42.8 Å². The van der Waals surface area contributed by atoms with E-state index in [1.807, 2.05) is 18.2 Å². The summed E-state index contributed by atoms with van der Waals surface area (Å²) in [5, 5.41) is 3.84. The first-order valence-electron chi connectivity index (χ1n) is 7.07. The Bertz CT molecular complexity index is 562. The normalized spacial score (nSPS) is 12.3. The van der Waals surface area contributed by atoms with Crippen LogP contribution in [-0.4, -0.2) is 12.3 Å². The fourth-order valence-electron chi connectivity index (χ4n) is 2.06. The Balaban J connectivity index is 2.10. The standard InChI is InChI=1S/C17H19ClFNS/c1-2-10-20-17(12-21-14-6-4-3-5-7-14)15-9-8-13(18)11-16(15)19/h3-9,11,17,20H,2,10,12H2,1H3. The maximum atomic E-state index is 14.1. The van der Waals surface area contributed by atoms with Crippen LogP contribution in [0.3, 0.4) is 0 Å². The highest BCUT2D eigenvalue weighted by atomic mass is 35.5. The first kappa shape index (κ1) is 16.3. The molecule has 0 aliphatic rings. The predicted molar refractivity (Wildman–Crippen MR) is 89.6 cm³/mol. The van der Waals surface area contributed by atoms with Crippen molar-refractivity contribution < 1.29 is 4.39 Å². The third-order valence-corrected chi connectivity index (χ3v) is 4.48. The van der Waals surface area contributed by atoms with Crippen molar-refractivity contribution in [2.45, 2.75) is 24.3 Å². The summed E-state index contributed by atoms with van der Waals surface area (Å²) >= 11 is 7.56. The fraction of sp³-hybridized carbons (Fsp3) is 0.294. The van der Waals surface area contributed by atoms with E-state index in [1.165, 1.54) is 11.0 Å². The Hall–Kier alpha value is -1.03. The number of halogens is 2. The minimum atomic E-state index is -0.246. The van der Waals surface area contributed by atoms with E-state index in [0.717, 1.165) is 18.7 Å². The molecule has 2 aromatic carbocycles. The molecule has 1 atom stereocenters. The number of rotatable bonds is 7. The molecule has 112 valence electrons. The van der Waals surface area contributed by atoms with Gasteiger partial charge in [-0.15, -0.1) is 11.8 Å². The first-order chi connectivity index (χ1) is 10.2. The number of hydrogen-bond acceptors (Lipinski definition) is 2. The van der Waals surface area contributed by atoms with Crippen molar-refractivity contribution in [3.05, 3.63) is 64.9 Å². The van der Waals surface area contributed by atoms with E-state index in [-0.39, 0.29) is 11.9 Å². The van der Waals surface area contributed by atoms with E-state index in [2.05, 4.69) is 24.4 Å². The number of hydrogen-bond donors (Lipinski definition) is 1. The molecule has 0 fully saturated rings. The molecule has 0 radical (unpaired) electrons. The van der Waals surface area contributed by atoms with Gasteiger partial charge in [-0.2, -0.15) is 0 Å². The molecule has 0 saturated carbocycles. The van der Waals surface area contributed by atoms with E-state index in [9.17, 15) is 4.39 Å². The van der Waals surface area contributed by atoms with Crippen LogP contribution in [0, 0.1) is 5.82 Å². The van der Waals surface area contributed by atoms with Crippen molar-refractivity contribution in [2.75, 3.05) is 12.3 Å². The van der Waals surface area contributed by atoms with E-state index in [0.29, 0.717) is 10.6 Å². The maximum absolute atomic E-state index is 14.1. The molecule has 1 nitrogen and oxygen atoms in total. The smallest absolute Gasteiger partial charge is 0.129 e. The van der Waals surface area contributed by atoms with E-state index in [1.54, 1.807) is 23.9 Å². The van der Waals surface area contributed by atoms with Gasteiger partial charge in [-0.25, -0.2) is 4.39 Å². The molecular formula is C17H19ClFNS. The van der Waals surface area contributed by atoms with Gasteiger partial charge in [0.1, 0.15) is 5.82 Å². The van der Waals surface area contributed by atoms with Crippen LogP contribution in [0.15, 0.2) is 53.4 Å². The minimum Gasteiger partial charge on any atom is -0.309 e. The maximum Gasteiger partial charge on any atom is 0.129 e. The van der Waals surface area contributed by atoms with Crippen molar-refractivity contribution >= 4 is 23.4 Å². The molecule has 0 heterocycles. The van der Waals surface area contributed by atoms with Gasteiger partial charge in [0.05, 0.1) is 0 Å². The fourth-order valence-corrected chi connectivity index (χ4v) is 3.22. The summed E-state index contributed by atoms with van der Waals surface area (Å²) in [6, 6.07) is 15.0. The summed E-state index contributed by atoms with van der Waals surface area (Å²) in [7, 11) is 0. The van der Waals surface area contributed by atoms with Crippen molar-refractivity contribution in [3.63, 3.8) is 0 Å². The molecule has 0 spiro atoms. The summed E-state index contributed by atoms with van der Waals surface area (Å²) in [5.41, 5.74) is 0.677. The zero-order chi connectivity index (χ0) is 15.1. The van der Waals surface area contributed by atoms with Crippen molar-refractivity contribution in [3.8, 4) is 0 Å². The van der Waals surface area contributed by atoms with E-state index >= 15 is 0 Å². The summed E-state index contributed by atoms with van der Waals surface area (Å²) in [6.07, 6.45) is 1.02.